The lowest BCUT2D eigenvalue weighted by Gasteiger charge is -2.06. The van der Waals surface area contributed by atoms with E-state index >= 15 is 0 Å². The van der Waals surface area contributed by atoms with Gasteiger partial charge in [-0.05, 0) is 42.9 Å². The number of hydrogen-bond acceptors (Lipinski definition) is 4. The van der Waals surface area contributed by atoms with E-state index in [1.165, 1.54) is 0 Å². The molecule has 2 aromatic heterocycles. The van der Waals surface area contributed by atoms with Gasteiger partial charge in [0.25, 0.3) is 5.56 Å². The van der Waals surface area contributed by atoms with Crippen molar-refractivity contribution in [2.45, 2.75) is 13.5 Å². The number of nitrogens with one attached hydrogen (secondary N) is 1. The van der Waals surface area contributed by atoms with Gasteiger partial charge in [-0.3, -0.25) is 9.89 Å². The van der Waals surface area contributed by atoms with Crippen LogP contribution in [0.25, 0.3) is 10.9 Å². The second kappa shape index (κ2) is 7.94. The number of aromatic nitrogens is 4. The van der Waals surface area contributed by atoms with E-state index < -0.39 is 0 Å². The van der Waals surface area contributed by atoms with Gasteiger partial charge in [-0.25, -0.2) is 0 Å². The zero-order valence-electron chi connectivity index (χ0n) is 15.3. The molecule has 0 aliphatic carbocycles. The van der Waals surface area contributed by atoms with Gasteiger partial charge in [-0.2, -0.15) is 14.9 Å². The molecule has 0 fully saturated rings. The predicted molar refractivity (Wildman–Crippen MR) is 119 cm³/mol. The SMILES string of the molecule is Cc1n[nH]c(=S)n(/N=C\c2cn(Cc3ccc(Cl)c(Cl)c3)c3ccccc23)c1=O. The van der Waals surface area contributed by atoms with Crippen molar-refractivity contribution in [3.8, 4) is 0 Å². The van der Waals surface area contributed by atoms with E-state index in [0.29, 0.717) is 16.6 Å². The van der Waals surface area contributed by atoms with E-state index in [-0.39, 0.29) is 16.0 Å². The van der Waals surface area contributed by atoms with Crippen molar-refractivity contribution < 1.29 is 0 Å². The maximum Gasteiger partial charge on any atom is 0.296 e. The van der Waals surface area contributed by atoms with E-state index in [1.807, 2.05) is 42.6 Å². The third-order valence-electron chi connectivity index (χ3n) is 4.48. The van der Waals surface area contributed by atoms with Crippen LogP contribution in [0.5, 0.6) is 0 Å². The van der Waals surface area contributed by atoms with Crippen LogP contribution in [0.2, 0.25) is 10.0 Å². The zero-order valence-corrected chi connectivity index (χ0v) is 17.6. The van der Waals surface area contributed by atoms with E-state index in [1.54, 1.807) is 19.2 Å². The van der Waals surface area contributed by atoms with Crippen molar-refractivity contribution in [2.24, 2.45) is 5.10 Å². The Labute approximate surface area is 181 Å². The topological polar surface area (TPSA) is 68.0 Å². The van der Waals surface area contributed by atoms with Crippen molar-refractivity contribution in [2.75, 3.05) is 0 Å². The quantitative estimate of drug-likeness (QED) is 0.363. The van der Waals surface area contributed by atoms with Crippen LogP contribution < -0.4 is 5.56 Å². The summed E-state index contributed by atoms with van der Waals surface area (Å²) < 4.78 is 3.36. The van der Waals surface area contributed by atoms with Gasteiger partial charge in [0.1, 0.15) is 5.69 Å². The summed E-state index contributed by atoms with van der Waals surface area (Å²) >= 11 is 17.3. The molecule has 4 rings (SSSR count). The highest BCUT2D eigenvalue weighted by Gasteiger charge is 2.09. The molecule has 6 nitrogen and oxygen atoms in total. The number of hydrogen-bond donors (Lipinski definition) is 1. The highest BCUT2D eigenvalue weighted by atomic mass is 35.5. The summed E-state index contributed by atoms with van der Waals surface area (Å²) in [5.74, 6) is 0. The summed E-state index contributed by atoms with van der Waals surface area (Å²) in [7, 11) is 0. The molecule has 0 bridgehead atoms. The normalized spacial score (nSPS) is 11.6. The third kappa shape index (κ3) is 3.89. The minimum Gasteiger partial charge on any atom is -0.342 e. The van der Waals surface area contributed by atoms with Gasteiger partial charge in [-0.15, -0.1) is 0 Å². The van der Waals surface area contributed by atoms with Crippen molar-refractivity contribution >= 4 is 52.5 Å². The van der Waals surface area contributed by atoms with Crippen LogP contribution in [0.4, 0.5) is 0 Å². The average Bonchev–Trinajstić information content (AvgIpc) is 3.05. The van der Waals surface area contributed by atoms with Crippen LogP contribution in [0.3, 0.4) is 0 Å². The molecule has 9 heteroatoms. The van der Waals surface area contributed by atoms with E-state index in [4.69, 9.17) is 35.4 Å². The molecule has 0 amide bonds. The Kier molecular flexibility index (Phi) is 5.36. The number of aromatic amines is 1. The third-order valence-corrected chi connectivity index (χ3v) is 5.49. The number of aryl methyl sites for hydroxylation is 1. The second-order valence-corrected chi connectivity index (χ2v) is 7.65. The number of nitrogens with zero attached hydrogens (tertiary/aromatic N) is 4. The Hall–Kier alpha value is -2.74. The molecule has 0 unspecified atom stereocenters. The maximum atomic E-state index is 12.3. The minimum absolute atomic E-state index is 0.136. The summed E-state index contributed by atoms with van der Waals surface area (Å²) in [6.07, 6.45) is 3.60. The van der Waals surface area contributed by atoms with Gasteiger partial charge in [0.15, 0.2) is 0 Å². The summed E-state index contributed by atoms with van der Waals surface area (Å²) in [6.45, 7) is 2.21. The van der Waals surface area contributed by atoms with Crippen LogP contribution in [0.15, 0.2) is 58.6 Å². The van der Waals surface area contributed by atoms with Gasteiger partial charge in [0.05, 0.1) is 16.3 Å². The summed E-state index contributed by atoms with van der Waals surface area (Å²) in [5.41, 5.74) is 2.84. The Bertz CT molecular complexity index is 1370. The Morgan fingerprint density at radius 1 is 1.21 bits per heavy atom. The summed E-state index contributed by atoms with van der Waals surface area (Å²) in [6, 6.07) is 13.5. The molecule has 2 aromatic carbocycles. The van der Waals surface area contributed by atoms with Crippen LogP contribution in [0, 0.1) is 11.7 Å². The van der Waals surface area contributed by atoms with Crippen LogP contribution in [0.1, 0.15) is 16.8 Å². The van der Waals surface area contributed by atoms with Gasteiger partial charge >= 0.3 is 0 Å². The Balaban J connectivity index is 1.77. The molecule has 0 saturated carbocycles. The second-order valence-electron chi connectivity index (χ2n) is 6.45. The first-order valence-corrected chi connectivity index (χ1v) is 9.85. The number of H-pyrrole nitrogens is 1. The highest BCUT2D eigenvalue weighted by molar-refractivity contribution is 7.71. The van der Waals surface area contributed by atoms with Gasteiger partial charge in [0, 0.05) is 29.2 Å². The molecule has 0 aliphatic heterocycles. The highest BCUT2D eigenvalue weighted by Crippen LogP contribution is 2.25. The van der Waals surface area contributed by atoms with E-state index in [0.717, 1.165) is 26.7 Å². The monoisotopic (exact) mass is 443 g/mol. The maximum absolute atomic E-state index is 12.3. The minimum atomic E-state index is -0.357. The molecule has 146 valence electrons. The number of halogens is 2. The Morgan fingerprint density at radius 3 is 2.79 bits per heavy atom. The fourth-order valence-corrected chi connectivity index (χ4v) is 3.54. The standard InChI is InChI=1S/C20H15Cl2N5OS/c1-12-19(28)27(20(29)25-24-12)23-9-14-11-26(18-5-3-2-4-15(14)18)10-13-6-7-16(21)17(22)8-13/h2-9,11H,10H2,1H3,(H,25,29)/b23-9-. The van der Waals surface area contributed by atoms with Gasteiger partial charge < -0.3 is 4.57 Å². The van der Waals surface area contributed by atoms with Crippen molar-refractivity contribution in [3.63, 3.8) is 0 Å². The van der Waals surface area contributed by atoms with Crippen molar-refractivity contribution in [1.82, 2.24) is 19.4 Å². The summed E-state index contributed by atoms with van der Waals surface area (Å²) in [5, 5.41) is 12.8. The molecule has 2 heterocycles. The molecular weight excluding hydrogens is 429 g/mol. The molecule has 0 saturated heterocycles. The first-order chi connectivity index (χ1) is 13.9. The van der Waals surface area contributed by atoms with Crippen LogP contribution in [-0.2, 0) is 6.54 Å². The zero-order chi connectivity index (χ0) is 20.5. The molecule has 1 N–H and O–H groups in total. The molecule has 4 aromatic rings. The van der Waals surface area contributed by atoms with E-state index in [2.05, 4.69) is 19.9 Å². The Morgan fingerprint density at radius 2 is 2.00 bits per heavy atom. The molecule has 29 heavy (non-hydrogen) atoms. The van der Waals surface area contributed by atoms with Crippen LogP contribution in [-0.4, -0.2) is 25.7 Å². The lowest BCUT2D eigenvalue weighted by Crippen LogP contribution is -2.22. The van der Waals surface area contributed by atoms with E-state index in [9.17, 15) is 4.79 Å². The van der Waals surface area contributed by atoms with Gasteiger partial charge in [-0.1, -0.05) is 47.5 Å². The predicted octanol–water partition coefficient (Wildman–Crippen LogP) is 4.80. The largest absolute Gasteiger partial charge is 0.342 e. The molecule has 0 spiro atoms. The van der Waals surface area contributed by atoms with Gasteiger partial charge in [0.2, 0.25) is 4.77 Å². The lowest BCUT2D eigenvalue weighted by molar-refractivity contribution is 0.720. The number of rotatable bonds is 4. The number of benzene rings is 2. The van der Waals surface area contributed by atoms with Crippen molar-refractivity contribution in [3.05, 3.63) is 90.7 Å². The molecular formula is C20H15Cl2N5OS. The smallest absolute Gasteiger partial charge is 0.296 e. The lowest BCUT2D eigenvalue weighted by atomic mass is 10.2. The number of fused-ring (bicyclic) bond motifs is 1. The molecule has 0 aliphatic rings. The average molecular weight is 444 g/mol. The fourth-order valence-electron chi connectivity index (χ4n) is 3.04. The van der Waals surface area contributed by atoms with Crippen molar-refractivity contribution in [1.29, 1.82) is 0 Å². The fraction of sp³-hybridized carbons (Fsp3) is 0.100. The molecule has 0 radical (unpaired) electrons. The first-order valence-electron chi connectivity index (χ1n) is 8.68. The summed E-state index contributed by atoms with van der Waals surface area (Å²) in [4.78, 5) is 12.3. The van der Waals surface area contributed by atoms with Crippen LogP contribution >= 0.6 is 35.4 Å². The first kappa shape index (κ1) is 19.6. The number of para-hydroxylation sites is 1. The molecule has 0 atom stereocenters.